The first-order valence-electron chi connectivity index (χ1n) is 11.5. The summed E-state index contributed by atoms with van der Waals surface area (Å²) in [6.07, 6.45) is 7.36. The summed E-state index contributed by atoms with van der Waals surface area (Å²) in [4.78, 5) is 19.3. The van der Waals surface area contributed by atoms with E-state index >= 15 is 0 Å². The van der Waals surface area contributed by atoms with Crippen LogP contribution in [0.3, 0.4) is 0 Å². The molecule has 164 valence electrons. The van der Waals surface area contributed by atoms with E-state index in [4.69, 9.17) is 14.5 Å². The van der Waals surface area contributed by atoms with Gasteiger partial charge in [0.25, 0.3) is 0 Å². The van der Waals surface area contributed by atoms with E-state index in [0.29, 0.717) is 23.5 Å². The van der Waals surface area contributed by atoms with Gasteiger partial charge in [0.15, 0.2) is 5.96 Å². The number of nitrogens with one attached hydrogen (secondary N) is 2. The highest BCUT2D eigenvalue weighted by molar-refractivity contribution is 5.81. The van der Waals surface area contributed by atoms with Crippen LogP contribution >= 0.6 is 0 Å². The topological polar surface area (TPSA) is 75.2 Å². The molecule has 0 radical (unpaired) electrons. The number of amides is 1. The molecule has 4 aliphatic rings. The molecule has 1 amide bonds. The van der Waals surface area contributed by atoms with Crippen LogP contribution in [0.15, 0.2) is 4.99 Å². The summed E-state index contributed by atoms with van der Waals surface area (Å²) in [5.74, 6) is 1.62. The van der Waals surface area contributed by atoms with Crippen LogP contribution in [-0.4, -0.2) is 67.0 Å². The summed E-state index contributed by atoms with van der Waals surface area (Å²) >= 11 is 0. The summed E-state index contributed by atoms with van der Waals surface area (Å²) in [7, 11) is 0. The van der Waals surface area contributed by atoms with Crippen molar-refractivity contribution < 1.29 is 14.3 Å². The van der Waals surface area contributed by atoms with E-state index < -0.39 is 5.60 Å². The SMILES string of the molecule is CCN=C(NC1C2CCOC2C12CCCC2)N1CCC(NC(=O)OC(C)(C)C)C1. The van der Waals surface area contributed by atoms with Crippen LogP contribution in [0, 0.1) is 11.3 Å². The Labute approximate surface area is 175 Å². The molecule has 4 atom stereocenters. The number of alkyl carbamates (subject to hydrolysis) is 1. The standard InChI is InChI=1S/C22H38N4O3/c1-5-23-19(26-12-8-15(14-26)24-20(27)29-21(2,3)4)25-17-16-9-13-28-18(16)22(17)10-6-7-11-22/h15-18H,5-14H2,1-4H3,(H,23,25)(H,24,27). The van der Waals surface area contributed by atoms with Crippen LogP contribution in [0.25, 0.3) is 0 Å². The Bertz CT molecular complexity index is 638. The second-order valence-corrected chi connectivity index (χ2v) is 10.2. The van der Waals surface area contributed by atoms with Crippen molar-refractivity contribution in [2.24, 2.45) is 16.3 Å². The summed E-state index contributed by atoms with van der Waals surface area (Å²) in [6, 6.07) is 0.568. The second kappa shape index (κ2) is 7.97. The lowest BCUT2D eigenvalue weighted by molar-refractivity contribution is -0.125. The number of likely N-dealkylation sites (tertiary alicyclic amines) is 1. The maximum atomic E-state index is 12.1. The van der Waals surface area contributed by atoms with Gasteiger partial charge in [0.05, 0.1) is 12.1 Å². The van der Waals surface area contributed by atoms with E-state index in [1.807, 2.05) is 20.8 Å². The molecule has 0 aromatic carbocycles. The van der Waals surface area contributed by atoms with E-state index in [0.717, 1.165) is 45.0 Å². The molecule has 7 heteroatoms. The first-order chi connectivity index (χ1) is 13.8. The fraction of sp³-hybridized carbons (Fsp3) is 0.909. The molecule has 0 bridgehead atoms. The van der Waals surface area contributed by atoms with Crippen molar-refractivity contribution in [1.29, 1.82) is 0 Å². The fourth-order valence-electron chi connectivity index (χ4n) is 5.97. The Morgan fingerprint density at radius 1 is 1.24 bits per heavy atom. The highest BCUT2D eigenvalue weighted by atomic mass is 16.6. The van der Waals surface area contributed by atoms with Gasteiger partial charge in [-0.2, -0.15) is 0 Å². The van der Waals surface area contributed by atoms with Gasteiger partial charge in [-0.1, -0.05) is 12.8 Å². The van der Waals surface area contributed by atoms with Gasteiger partial charge < -0.3 is 25.0 Å². The number of hydrogen-bond donors (Lipinski definition) is 2. The molecular formula is C22H38N4O3. The second-order valence-electron chi connectivity index (χ2n) is 10.2. The van der Waals surface area contributed by atoms with Gasteiger partial charge in [-0.3, -0.25) is 4.99 Å². The number of hydrogen-bond acceptors (Lipinski definition) is 4. The van der Waals surface area contributed by atoms with Gasteiger partial charge in [0.2, 0.25) is 0 Å². The van der Waals surface area contributed by atoms with Gasteiger partial charge in [0.1, 0.15) is 5.60 Å². The van der Waals surface area contributed by atoms with Gasteiger partial charge in [-0.05, 0) is 53.4 Å². The molecule has 2 saturated heterocycles. The third-order valence-electron chi connectivity index (χ3n) is 7.09. The van der Waals surface area contributed by atoms with Gasteiger partial charge in [-0.25, -0.2) is 4.79 Å². The van der Waals surface area contributed by atoms with Crippen LogP contribution in [0.5, 0.6) is 0 Å². The van der Waals surface area contributed by atoms with Crippen molar-refractivity contribution in [2.45, 2.75) is 90.0 Å². The van der Waals surface area contributed by atoms with Crippen molar-refractivity contribution >= 4 is 12.1 Å². The molecular weight excluding hydrogens is 368 g/mol. The molecule has 0 aromatic rings. The first kappa shape index (κ1) is 20.8. The van der Waals surface area contributed by atoms with Crippen molar-refractivity contribution in [2.75, 3.05) is 26.2 Å². The molecule has 4 fully saturated rings. The van der Waals surface area contributed by atoms with Crippen LogP contribution in [-0.2, 0) is 9.47 Å². The maximum Gasteiger partial charge on any atom is 0.407 e. The number of guanidine groups is 1. The molecule has 29 heavy (non-hydrogen) atoms. The Hall–Kier alpha value is -1.50. The summed E-state index contributed by atoms with van der Waals surface area (Å²) < 4.78 is 11.5. The van der Waals surface area contributed by atoms with Crippen molar-refractivity contribution in [3.8, 4) is 0 Å². The lowest BCUT2D eigenvalue weighted by atomic mass is 9.54. The van der Waals surface area contributed by atoms with Crippen LogP contribution < -0.4 is 10.6 Å². The number of carbonyl (C=O) groups excluding carboxylic acids is 1. The number of rotatable bonds is 3. The predicted octanol–water partition coefficient (Wildman–Crippen LogP) is 2.90. The Morgan fingerprint density at radius 2 is 2.00 bits per heavy atom. The molecule has 7 nitrogen and oxygen atoms in total. The molecule has 2 aliphatic heterocycles. The molecule has 2 heterocycles. The van der Waals surface area contributed by atoms with Crippen molar-refractivity contribution in [3.05, 3.63) is 0 Å². The maximum absolute atomic E-state index is 12.1. The summed E-state index contributed by atoms with van der Waals surface area (Å²) in [6.45, 7) is 11.1. The minimum Gasteiger partial charge on any atom is -0.444 e. The average molecular weight is 407 g/mol. The zero-order chi connectivity index (χ0) is 20.6. The highest BCUT2D eigenvalue weighted by Gasteiger charge is 2.65. The highest BCUT2D eigenvalue weighted by Crippen LogP contribution is 2.60. The van der Waals surface area contributed by atoms with E-state index in [1.54, 1.807) is 0 Å². The summed E-state index contributed by atoms with van der Waals surface area (Å²) in [5.41, 5.74) is -0.165. The monoisotopic (exact) mass is 406 g/mol. The first-order valence-corrected chi connectivity index (χ1v) is 11.5. The Morgan fingerprint density at radius 3 is 2.69 bits per heavy atom. The number of fused-ring (bicyclic) bond motifs is 2. The van der Waals surface area contributed by atoms with Gasteiger partial charge >= 0.3 is 6.09 Å². The van der Waals surface area contributed by atoms with Gasteiger partial charge in [-0.15, -0.1) is 0 Å². The average Bonchev–Trinajstić information content (AvgIpc) is 3.36. The number of ether oxygens (including phenoxy) is 2. The van der Waals surface area contributed by atoms with Gasteiger partial charge in [0, 0.05) is 43.6 Å². The fourth-order valence-corrected chi connectivity index (χ4v) is 5.97. The van der Waals surface area contributed by atoms with E-state index in [9.17, 15) is 4.79 Å². The van der Waals surface area contributed by atoms with E-state index in [1.165, 1.54) is 25.7 Å². The zero-order valence-electron chi connectivity index (χ0n) is 18.5. The van der Waals surface area contributed by atoms with E-state index in [2.05, 4.69) is 22.5 Å². The largest absolute Gasteiger partial charge is 0.444 e. The van der Waals surface area contributed by atoms with E-state index in [-0.39, 0.29) is 12.1 Å². The Kier molecular flexibility index (Phi) is 5.70. The minimum absolute atomic E-state index is 0.0955. The van der Waals surface area contributed by atoms with Crippen LogP contribution in [0.4, 0.5) is 4.79 Å². The molecule has 2 N–H and O–H groups in total. The summed E-state index contributed by atoms with van der Waals surface area (Å²) in [5, 5.41) is 6.89. The van der Waals surface area contributed by atoms with Crippen LogP contribution in [0.2, 0.25) is 0 Å². The molecule has 2 saturated carbocycles. The lowest BCUT2D eigenvalue weighted by Gasteiger charge is -2.57. The van der Waals surface area contributed by atoms with Crippen molar-refractivity contribution in [3.63, 3.8) is 0 Å². The molecule has 4 rings (SSSR count). The molecule has 2 aliphatic carbocycles. The minimum atomic E-state index is -0.474. The van der Waals surface area contributed by atoms with Crippen molar-refractivity contribution in [1.82, 2.24) is 15.5 Å². The molecule has 0 aromatic heterocycles. The number of carbonyl (C=O) groups is 1. The van der Waals surface area contributed by atoms with Crippen LogP contribution in [0.1, 0.15) is 66.2 Å². The molecule has 1 spiro atoms. The molecule has 4 unspecified atom stereocenters. The normalized spacial score (nSPS) is 33.5. The number of aliphatic imine (C=N–C) groups is 1. The Balaban J connectivity index is 1.38. The third-order valence-corrected chi connectivity index (χ3v) is 7.09. The smallest absolute Gasteiger partial charge is 0.407 e. The quantitative estimate of drug-likeness (QED) is 0.557. The lowest BCUT2D eigenvalue weighted by Crippen LogP contribution is -2.69. The number of nitrogens with zero attached hydrogens (tertiary/aromatic N) is 2. The zero-order valence-corrected chi connectivity index (χ0v) is 18.5. The predicted molar refractivity (Wildman–Crippen MR) is 113 cm³/mol. The third kappa shape index (κ3) is 4.07.